The van der Waals surface area contributed by atoms with Crippen molar-refractivity contribution in [3.8, 4) is 11.4 Å². The predicted molar refractivity (Wildman–Crippen MR) is 130 cm³/mol. The third-order valence-electron chi connectivity index (χ3n) is 5.73. The number of imide groups is 1. The van der Waals surface area contributed by atoms with E-state index in [-0.39, 0.29) is 5.75 Å². The zero-order valence-corrected chi connectivity index (χ0v) is 20.2. The van der Waals surface area contributed by atoms with Crippen LogP contribution in [0, 0.1) is 0 Å². The van der Waals surface area contributed by atoms with Crippen molar-refractivity contribution in [2.75, 3.05) is 19.5 Å². The summed E-state index contributed by atoms with van der Waals surface area (Å²) in [4.78, 5) is 38.5. The number of thioether (sulfide) groups is 1. The Morgan fingerprint density at radius 1 is 1.09 bits per heavy atom. The first-order chi connectivity index (χ1) is 17.0. The van der Waals surface area contributed by atoms with Crippen LogP contribution < -0.4 is 10.7 Å². The second-order valence-corrected chi connectivity index (χ2v) is 8.78. The minimum Gasteiger partial charge on any atom is -0.383 e. The molecule has 2 aromatic carbocycles. The molecule has 1 aliphatic heterocycles. The molecule has 0 aliphatic carbocycles. The maximum Gasteiger partial charge on any atom is 0.344 e. The van der Waals surface area contributed by atoms with E-state index in [0.717, 1.165) is 22.3 Å². The van der Waals surface area contributed by atoms with Crippen LogP contribution in [0.3, 0.4) is 0 Å². The molecule has 35 heavy (non-hydrogen) atoms. The van der Waals surface area contributed by atoms with Gasteiger partial charge in [-0.05, 0) is 12.0 Å². The quantitative estimate of drug-likeness (QED) is 0.328. The third kappa shape index (κ3) is 4.91. The van der Waals surface area contributed by atoms with Crippen LogP contribution in [0.1, 0.15) is 18.9 Å². The number of benzene rings is 2. The van der Waals surface area contributed by atoms with Crippen LogP contribution >= 0.6 is 11.8 Å². The average molecular weight is 495 g/mol. The number of nitrogens with zero attached hydrogens (tertiary/aromatic N) is 4. The maximum absolute atomic E-state index is 13.2. The van der Waals surface area contributed by atoms with Crippen molar-refractivity contribution in [3.63, 3.8) is 0 Å². The lowest BCUT2D eigenvalue weighted by molar-refractivity contribution is -0.138. The number of ether oxygens (including phenoxy) is 1. The number of urea groups is 1. The van der Waals surface area contributed by atoms with Crippen molar-refractivity contribution < 1.29 is 19.1 Å². The molecule has 1 fully saturated rings. The van der Waals surface area contributed by atoms with E-state index >= 15 is 0 Å². The minimum absolute atomic E-state index is 0.0680. The smallest absolute Gasteiger partial charge is 0.344 e. The van der Waals surface area contributed by atoms with Crippen molar-refractivity contribution >= 4 is 29.6 Å². The van der Waals surface area contributed by atoms with Crippen LogP contribution in [0.2, 0.25) is 0 Å². The van der Waals surface area contributed by atoms with Crippen molar-refractivity contribution in [2.24, 2.45) is 0 Å². The van der Waals surface area contributed by atoms with E-state index in [0.29, 0.717) is 36.1 Å². The second kappa shape index (κ2) is 10.7. The molecular formula is C24H26N6O4S. The van der Waals surface area contributed by atoms with E-state index in [1.807, 2.05) is 47.9 Å². The molecule has 1 saturated heterocycles. The highest BCUT2D eigenvalue weighted by molar-refractivity contribution is 7.99. The molecule has 0 saturated carbocycles. The van der Waals surface area contributed by atoms with Crippen LogP contribution in [0.15, 0.2) is 65.8 Å². The number of carbonyl (C=O) groups is 3. The number of rotatable bonds is 10. The Balaban J connectivity index is 1.45. The van der Waals surface area contributed by atoms with Crippen molar-refractivity contribution in [3.05, 3.63) is 66.2 Å². The van der Waals surface area contributed by atoms with Gasteiger partial charge in [0.15, 0.2) is 11.0 Å². The minimum atomic E-state index is -1.22. The number of aromatic nitrogens is 3. The maximum atomic E-state index is 13.2. The molecule has 2 heterocycles. The van der Waals surface area contributed by atoms with Gasteiger partial charge < -0.3 is 10.1 Å². The molecule has 3 aromatic rings. The van der Waals surface area contributed by atoms with Gasteiger partial charge in [0.2, 0.25) is 5.91 Å². The van der Waals surface area contributed by atoms with E-state index in [2.05, 4.69) is 20.9 Å². The summed E-state index contributed by atoms with van der Waals surface area (Å²) in [6.45, 7) is 2.75. The number of methoxy groups -OCH3 is 1. The average Bonchev–Trinajstić information content (AvgIpc) is 3.41. The highest BCUT2D eigenvalue weighted by atomic mass is 32.2. The lowest BCUT2D eigenvalue weighted by Gasteiger charge is -2.25. The molecule has 11 heteroatoms. The van der Waals surface area contributed by atoms with E-state index in [4.69, 9.17) is 4.74 Å². The molecule has 10 nitrogen and oxygen atoms in total. The fourth-order valence-corrected chi connectivity index (χ4v) is 4.66. The normalized spacial score (nSPS) is 17.5. The second-order valence-electron chi connectivity index (χ2n) is 7.84. The first-order valence-corrected chi connectivity index (χ1v) is 12.1. The summed E-state index contributed by atoms with van der Waals surface area (Å²) < 4.78 is 7.09. The van der Waals surface area contributed by atoms with Gasteiger partial charge in [-0.1, -0.05) is 79.3 Å². The van der Waals surface area contributed by atoms with Crippen molar-refractivity contribution in [1.29, 1.82) is 0 Å². The Hall–Kier alpha value is -3.70. The molecule has 1 aliphatic rings. The van der Waals surface area contributed by atoms with Gasteiger partial charge in [0, 0.05) is 12.7 Å². The number of carbonyl (C=O) groups excluding carboxylic acids is 3. The fraction of sp³-hybridized carbons (Fsp3) is 0.292. The summed E-state index contributed by atoms with van der Waals surface area (Å²) in [5.41, 5.74) is 2.77. The largest absolute Gasteiger partial charge is 0.383 e. The van der Waals surface area contributed by atoms with Gasteiger partial charge in [-0.2, -0.15) is 5.01 Å². The van der Waals surface area contributed by atoms with Gasteiger partial charge in [-0.25, -0.2) is 4.79 Å². The van der Waals surface area contributed by atoms with Crippen LogP contribution in [-0.2, 0) is 26.4 Å². The Morgan fingerprint density at radius 3 is 2.43 bits per heavy atom. The molecule has 0 unspecified atom stereocenters. The zero-order valence-electron chi connectivity index (χ0n) is 19.4. The molecule has 4 rings (SSSR count). The van der Waals surface area contributed by atoms with Crippen LogP contribution in [0.5, 0.6) is 0 Å². The van der Waals surface area contributed by atoms with Crippen LogP contribution in [0.4, 0.5) is 4.79 Å². The summed E-state index contributed by atoms with van der Waals surface area (Å²) >= 11 is 1.16. The lowest BCUT2D eigenvalue weighted by atomic mass is 9.87. The lowest BCUT2D eigenvalue weighted by Crippen LogP contribution is -2.49. The zero-order chi connectivity index (χ0) is 24.8. The molecule has 4 amide bonds. The number of hydrazine groups is 1. The topological polar surface area (TPSA) is 118 Å². The number of amides is 4. The van der Waals surface area contributed by atoms with Crippen LogP contribution in [-0.4, -0.2) is 57.1 Å². The van der Waals surface area contributed by atoms with Gasteiger partial charge in [0.05, 0.1) is 18.9 Å². The summed E-state index contributed by atoms with van der Waals surface area (Å²) in [6, 6.07) is 17.9. The molecule has 1 aromatic heterocycles. The number of nitrogens with one attached hydrogen (secondary N) is 2. The predicted octanol–water partition coefficient (Wildman–Crippen LogP) is 2.57. The van der Waals surface area contributed by atoms with Gasteiger partial charge >= 0.3 is 6.03 Å². The number of hydrogen-bond acceptors (Lipinski definition) is 7. The highest BCUT2D eigenvalue weighted by Gasteiger charge is 2.52. The Morgan fingerprint density at radius 2 is 1.77 bits per heavy atom. The summed E-state index contributed by atoms with van der Waals surface area (Å²) in [5, 5.41) is 12.5. The van der Waals surface area contributed by atoms with Crippen molar-refractivity contribution in [1.82, 2.24) is 30.5 Å². The van der Waals surface area contributed by atoms with Gasteiger partial charge in [-0.3, -0.25) is 19.6 Å². The summed E-state index contributed by atoms with van der Waals surface area (Å²) in [5.74, 6) is -0.443. The van der Waals surface area contributed by atoms with Gasteiger partial charge in [0.25, 0.3) is 5.91 Å². The van der Waals surface area contributed by atoms with Crippen LogP contribution in [0.25, 0.3) is 11.4 Å². The van der Waals surface area contributed by atoms with Crippen molar-refractivity contribution in [2.45, 2.75) is 30.6 Å². The molecule has 0 radical (unpaired) electrons. The first kappa shape index (κ1) is 24.4. The Labute approximate surface area is 207 Å². The van der Waals surface area contributed by atoms with E-state index in [9.17, 15) is 14.4 Å². The Bertz CT molecular complexity index is 1200. The third-order valence-corrected chi connectivity index (χ3v) is 6.69. The molecule has 182 valence electrons. The highest BCUT2D eigenvalue weighted by Crippen LogP contribution is 2.31. The SMILES string of the molecule is CC[C@]1(c2ccccc2)NC(=O)N(NC(=O)CSc2nnc(-c3ccccc3)n2CCOC)C1=O. The fourth-order valence-electron chi connectivity index (χ4n) is 3.91. The summed E-state index contributed by atoms with van der Waals surface area (Å²) in [6.07, 6.45) is 0.341. The first-order valence-electron chi connectivity index (χ1n) is 11.1. The van der Waals surface area contributed by atoms with Gasteiger partial charge in [0.1, 0.15) is 5.54 Å². The molecular weight excluding hydrogens is 468 g/mol. The monoisotopic (exact) mass is 494 g/mol. The standard InChI is InChI=1S/C24H26N6O4S/c1-3-24(18-12-8-5-9-13-18)21(32)30(22(33)25-24)28-19(31)16-35-23-27-26-20(29(23)14-15-34-2)17-10-6-4-7-11-17/h4-13H,3,14-16H2,1-2H3,(H,25,33)(H,28,31)/t24-/m1/s1. The van der Waals surface area contributed by atoms with E-state index in [1.54, 1.807) is 31.4 Å². The van der Waals surface area contributed by atoms with Gasteiger partial charge in [-0.15, -0.1) is 10.2 Å². The molecule has 1 atom stereocenters. The molecule has 0 bridgehead atoms. The van der Waals surface area contributed by atoms with E-state index < -0.39 is 23.4 Å². The summed E-state index contributed by atoms with van der Waals surface area (Å²) in [7, 11) is 1.61. The molecule has 2 N–H and O–H groups in total. The molecule has 0 spiro atoms. The Kier molecular flexibility index (Phi) is 7.47. The van der Waals surface area contributed by atoms with E-state index in [1.165, 1.54) is 0 Å². The number of hydrogen-bond donors (Lipinski definition) is 2.